The summed E-state index contributed by atoms with van der Waals surface area (Å²) in [6, 6.07) is 10.0. The zero-order valence-corrected chi connectivity index (χ0v) is 24.3. The molecule has 5 rings (SSSR count). The monoisotopic (exact) mass is 598 g/mol. The smallest absolute Gasteiger partial charge is 0.341 e. The molecular formula is C28H31ClN6O5S. The zero-order valence-electron chi connectivity index (χ0n) is 22.8. The first-order chi connectivity index (χ1) is 19.5. The lowest BCUT2D eigenvalue weighted by molar-refractivity contribution is -0.149. The molecule has 0 radical (unpaired) electrons. The van der Waals surface area contributed by atoms with Gasteiger partial charge in [-0.3, -0.25) is 14.4 Å². The minimum absolute atomic E-state index is 0.144. The second-order valence-electron chi connectivity index (χ2n) is 10.4. The van der Waals surface area contributed by atoms with Crippen molar-refractivity contribution in [2.24, 2.45) is 5.73 Å². The fourth-order valence-electron chi connectivity index (χ4n) is 5.41. The van der Waals surface area contributed by atoms with Gasteiger partial charge in [0, 0.05) is 36.1 Å². The van der Waals surface area contributed by atoms with Crippen LogP contribution in [0, 0.1) is 6.92 Å². The van der Waals surface area contributed by atoms with Crippen molar-refractivity contribution in [1.29, 1.82) is 0 Å². The number of carbonyl (C=O) groups is 2. The van der Waals surface area contributed by atoms with Crippen molar-refractivity contribution in [2.75, 3.05) is 32.4 Å². The molecular weight excluding hydrogens is 568 g/mol. The van der Waals surface area contributed by atoms with Crippen molar-refractivity contribution >= 4 is 38.9 Å². The molecule has 1 aromatic heterocycles. The molecule has 2 aliphatic rings. The van der Waals surface area contributed by atoms with E-state index in [9.17, 15) is 18.0 Å². The van der Waals surface area contributed by atoms with Crippen molar-refractivity contribution in [2.45, 2.75) is 36.8 Å². The number of nitrogens with one attached hydrogen (secondary N) is 1. The molecule has 1 spiro atoms. The number of sulfone groups is 1. The summed E-state index contributed by atoms with van der Waals surface area (Å²) in [7, 11) is -3.40. The average molecular weight is 599 g/mol. The fourth-order valence-corrected chi connectivity index (χ4v) is 6.35. The van der Waals surface area contributed by atoms with Gasteiger partial charge in [-0.25, -0.2) is 13.2 Å². The van der Waals surface area contributed by atoms with Crippen LogP contribution in [0.4, 0.5) is 0 Å². The molecule has 0 saturated carbocycles. The molecule has 3 aromatic rings. The lowest BCUT2D eigenvalue weighted by atomic mass is 9.86. The summed E-state index contributed by atoms with van der Waals surface area (Å²) >= 11 is 6.68. The number of rotatable bonds is 8. The number of piperidine rings is 1. The van der Waals surface area contributed by atoms with Gasteiger partial charge in [0.25, 0.3) is 0 Å². The van der Waals surface area contributed by atoms with Gasteiger partial charge >= 0.3 is 5.97 Å². The van der Waals surface area contributed by atoms with E-state index in [-0.39, 0.29) is 22.9 Å². The molecule has 1 unspecified atom stereocenters. The number of esters is 1. The molecule has 1 saturated heterocycles. The number of amides is 1. The van der Waals surface area contributed by atoms with Gasteiger partial charge < -0.3 is 15.8 Å². The standard InChI is InChI=1S/C28H31ClN6O5S/c1-18-13-22(19-5-3-6-20(14-19)41(2,38)39)23(29)15-21(18)25-26(30)28(40-27(25)37)7-4-10-34(17-28)16-24(36)31-8-11-35-12-9-32-33-35/h3,5-6,9,12-15H,4,7-8,10-11,16-17,30H2,1-2H3,(H,31,36). The topological polar surface area (TPSA) is 150 Å². The zero-order chi connectivity index (χ0) is 29.4. The lowest BCUT2D eigenvalue weighted by Gasteiger charge is -2.39. The first kappa shape index (κ1) is 28.8. The maximum Gasteiger partial charge on any atom is 0.341 e. The Morgan fingerprint density at radius 2 is 2.05 bits per heavy atom. The Morgan fingerprint density at radius 3 is 2.78 bits per heavy atom. The van der Waals surface area contributed by atoms with E-state index in [1.165, 1.54) is 6.07 Å². The third-order valence-electron chi connectivity index (χ3n) is 7.45. The first-order valence-electron chi connectivity index (χ1n) is 13.1. The molecule has 1 amide bonds. The Balaban J connectivity index is 1.35. The van der Waals surface area contributed by atoms with E-state index in [0.717, 1.165) is 11.8 Å². The van der Waals surface area contributed by atoms with Crippen LogP contribution in [-0.4, -0.2) is 78.2 Å². The Labute approximate surface area is 243 Å². The Morgan fingerprint density at radius 1 is 1.24 bits per heavy atom. The predicted octanol–water partition coefficient (Wildman–Crippen LogP) is 2.19. The average Bonchev–Trinajstić information content (AvgIpc) is 3.51. The van der Waals surface area contributed by atoms with Crippen LogP contribution in [0.1, 0.15) is 24.0 Å². The van der Waals surface area contributed by atoms with Gasteiger partial charge in [0.05, 0.1) is 35.5 Å². The summed E-state index contributed by atoms with van der Waals surface area (Å²) in [6.45, 7) is 3.88. The molecule has 1 fully saturated rings. The van der Waals surface area contributed by atoms with Crippen LogP contribution < -0.4 is 11.1 Å². The quantitative estimate of drug-likeness (QED) is 0.372. The number of nitrogens with zero attached hydrogens (tertiary/aromatic N) is 4. The van der Waals surface area contributed by atoms with Crippen LogP contribution >= 0.6 is 11.6 Å². The summed E-state index contributed by atoms with van der Waals surface area (Å²) in [5, 5.41) is 10.8. The third kappa shape index (κ3) is 5.99. The van der Waals surface area contributed by atoms with Gasteiger partial charge in [-0.2, -0.15) is 0 Å². The van der Waals surface area contributed by atoms with E-state index in [1.54, 1.807) is 41.3 Å². The number of hydrogen-bond acceptors (Lipinski definition) is 9. The van der Waals surface area contributed by atoms with Crippen LogP contribution in [-0.2, 0) is 30.7 Å². The van der Waals surface area contributed by atoms with Crippen LogP contribution in [0.15, 0.2) is 59.4 Å². The summed E-state index contributed by atoms with van der Waals surface area (Å²) in [4.78, 5) is 27.9. The van der Waals surface area contributed by atoms with Crippen LogP contribution in [0.3, 0.4) is 0 Å². The highest BCUT2D eigenvalue weighted by Crippen LogP contribution is 2.43. The SMILES string of the molecule is Cc1cc(-c2cccc(S(C)(=O)=O)c2)c(Cl)cc1C1=C(N)C2(CCCN(CC(=O)NCCn3ccnn3)C2)OC1=O. The minimum Gasteiger partial charge on any atom is -0.448 e. The maximum absolute atomic E-state index is 13.2. The van der Waals surface area contributed by atoms with Crippen molar-refractivity contribution < 1.29 is 22.7 Å². The number of ether oxygens (including phenoxy) is 1. The van der Waals surface area contributed by atoms with E-state index in [2.05, 4.69) is 15.6 Å². The summed E-state index contributed by atoms with van der Waals surface area (Å²) in [5.41, 5.74) is 8.78. The molecule has 41 heavy (non-hydrogen) atoms. The number of likely N-dealkylation sites (tertiary alicyclic amines) is 1. The highest BCUT2D eigenvalue weighted by atomic mass is 35.5. The van der Waals surface area contributed by atoms with Gasteiger partial charge in [0.1, 0.15) is 0 Å². The van der Waals surface area contributed by atoms with Crippen molar-refractivity contribution in [3.8, 4) is 11.1 Å². The van der Waals surface area contributed by atoms with E-state index >= 15 is 0 Å². The second-order valence-corrected chi connectivity index (χ2v) is 12.9. The highest BCUT2D eigenvalue weighted by Gasteiger charge is 2.49. The maximum atomic E-state index is 13.2. The van der Waals surface area contributed by atoms with Gasteiger partial charge in [-0.1, -0.05) is 28.9 Å². The van der Waals surface area contributed by atoms with Crippen molar-refractivity contribution in [3.05, 3.63) is 70.6 Å². The van der Waals surface area contributed by atoms with Crippen LogP contribution in [0.2, 0.25) is 5.02 Å². The normalized spacial score (nSPS) is 19.5. The van der Waals surface area contributed by atoms with Gasteiger partial charge in [-0.15, -0.1) is 5.10 Å². The molecule has 11 nitrogen and oxygen atoms in total. The Kier molecular flexibility index (Phi) is 7.91. The van der Waals surface area contributed by atoms with E-state index in [4.69, 9.17) is 22.1 Å². The summed E-state index contributed by atoms with van der Waals surface area (Å²) in [5.74, 6) is -0.681. The molecule has 3 heterocycles. The first-order valence-corrected chi connectivity index (χ1v) is 15.4. The molecule has 3 N–H and O–H groups in total. The molecule has 1 atom stereocenters. The number of aryl methyl sites for hydroxylation is 1. The molecule has 216 valence electrons. The summed E-state index contributed by atoms with van der Waals surface area (Å²) < 4.78 is 31.7. The molecule has 0 aliphatic carbocycles. The Bertz CT molecular complexity index is 1640. The minimum atomic E-state index is -3.40. The van der Waals surface area contributed by atoms with Gasteiger partial charge in [-0.05, 0) is 67.3 Å². The van der Waals surface area contributed by atoms with Crippen LogP contribution in [0.5, 0.6) is 0 Å². The highest BCUT2D eigenvalue weighted by molar-refractivity contribution is 7.90. The third-order valence-corrected chi connectivity index (χ3v) is 8.87. The fraction of sp³-hybridized carbons (Fsp3) is 0.357. The van der Waals surface area contributed by atoms with Crippen molar-refractivity contribution in [3.63, 3.8) is 0 Å². The largest absolute Gasteiger partial charge is 0.448 e. The number of nitrogens with two attached hydrogens (primary N) is 1. The number of halogens is 1. The lowest BCUT2D eigenvalue weighted by Crippen LogP contribution is -2.53. The molecule has 0 bridgehead atoms. The van der Waals surface area contributed by atoms with E-state index < -0.39 is 21.4 Å². The molecule has 2 aliphatic heterocycles. The van der Waals surface area contributed by atoms with Gasteiger partial charge in [0.15, 0.2) is 15.4 Å². The van der Waals surface area contributed by atoms with E-state index in [1.807, 2.05) is 17.9 Å². The number of benzene rings is 2. The molecule has 13 heteroatoms. The summed E-state index contributed by atoms with van der Waals surface area (Å²) in [6.07, 6.45) is 5.69. The van der Waals surface area contributed by atoms with E-state index in [0.29, 0.717) is 66.4 Å². The van der Waals surface area contributed by atoms with Crippen molar-refractivity contribution in [1.82, 2.24) is 25.2 Å². The Hall–Kier alpha value is -3.74. The number of carbonyl (C=O) groups excluding carboxylic acids is 2. The van der Waals surface area contributed by atoms with Crippen LogP contribution in [0.25, 0.3) is 16.7 Å². The number of aromatic nitrogens is 3. The number of hydrogen-bond donors (Lipinski definition) is 2. The predicted molar refractivity (Wildman–Crippen MR) is 153 cm³/mol. The second kappa shape index (κ2) is 11.3. The van der Waals surface area contributed by atoms with Gasteiger partial charge in [0.2, 0.25) is 5.91 Å². The molecule has 2 aromatic carbocycles.